The zero-order chi connectivity index (χ0) is 11.5. The predicted octanol–water partition coefficient (Wildman–Crippen LogP) is 1.07. The maximum atomic E-state index is 10.9. The third-order valence-corrected chi connectivity index (χ3v) is 1.89. The van der Waals surface area contributed by atoms with Crippen LogP contribution in [-0.4, -0.2) is 45.3 Å². The van der Waals surface area contributed by atoms with Gasteiger partial charge in [0.25, 0.3) is 0 Å². The van der Waals surface area contributed by atoms with E-state index in [9.17, 15) is 4.79 Å². The lowest BCUT2D eigenvalue weighted by Gasteiger charge is -2.06. The third kappa shape index (κ3) is 8.47. The molecular weight excluding hydrogens is 216 g/mol. The molecule has 0 unspecified atom stereocenters. The zero-order valence-electron chi connectivity index (χ0n) is 9.03. The van der Waals surface area contributed by atoms with E-state index in [1.54, 1.807) is 0 Å². The summed E-state index contributed by atoms with van der Waals surface area (Å²) >= 11 is 4.05. The molecule has 5 heteroatoms. The SMILES string of the molecule is C=C(COCCOCCCS)C(=O)OC. The number of esters is 1. The highest BCUT2D eigenvalue weighted by atomic mass is 32.1. The number of thiol groups is 1. The molecule has 0 radical (unpaired) electrons. The number of carbonyl (C=O) groups is 1. The van der Waals surface area contributed by atoms with Gasteiger partial charge in [0, 0.05) is 6.61 Å². The van der Waals surface area contributed by atoms with Crippen LogP contribution in [0.25, 0.3) is 0 Å². The van der Waals surface area contributed by atoms with Gasteiger partial charge in [0.1, 0.15) is 0 Å². The summed E-state index contributed by atoms with van der Waals surface area (Å²) < 4.78 is 14.8. The largest absolute Gasteiger partial charge is 0.466 e. The third-order valence-electron chi connectivity index (χ3n) is 1.57. The van der Waals surface area contributed by atoms with Gasteiger partial charge in [0.2, 0.25) is 0 Å². The van der Waals surface area contributed by atoms with Gasteiger partial charge < -0.3 is 14.2 Å². The van der Waals surface area contributed by atoms with E-state index < -0.39 is 5.97 Å². The Morgan fingerprint density at radius 1 is 1.27 bits per heavy atom. The maximum Gasteiger partial charge on any atom is 0.335 e. The van der Waals surface area contributed by atoms with Crippen LogP contribution in [0.4, 0.5) is 0 Å². The molecule has 0 spiro atoms. The van der Waals surface area contributed by atoms with Gasteiger partial charge in [-0.2, -0.15) is 12.6 Å². The van der Waals surface area contributed by atoms with Crippen molar-refractivity contribution in [2.24, 2.45) is 0 Å². The molecule has 0 atom stereocenters. The fourth-order valence-electron chi connectivity index (χ4n) is 0.785. The molecule has 0 aliphatic heterocycles. The minimum absolute atomic E-state index is 0.183. The van der Waals surface area contributed by atoms with Crippen molar-refractivity contribution in [3.63, 3.8) is 0 Å². The van der Waals surface area contributed by atoms with Gasteiger partial charge in [-0.25, -0.2) is 4.79 Å². The van der Waals surface area contributed by atoms with Gasteiger partial charge in [-0.3, -0.25) is 0 Å². The Labute approximate surface area is 96.0 Å². The van der Waals surface area contributed by atoms with Crippen molar-refractivity contribution in [2.45, 2.75) is 6.42 Å². The first kappa shape index (κ1) is 14.5. The Balaban J connectivity index is 3.24. The number of hydrogen-bond donors (Lipinski definition) is 1. The molecule has 0 amide bonds. The van der Waals surface area contributed by atoms with Gasteiger partial charge >= 0.3 is 5.97 Å². The summed E-state index contributed by atoms with van der Waals surface area (Å²) in [7, 11) is 1.31. The Morgan fingerprint density at radius 2 is 1.93 bits per heavy atom. The van der Waals surface area contributed by atoms with E-state index in [4.69, 9.17) is 9.47 Å². The van der Waals surface area contributed by atoms with Gasteiger partial charge in [-0.15, -0.1) is 0 Å². The smallest absolute Gasteiger partial charge is 0.335 e. The highest BCUT2D eigenvalue weighted by Gasteiger charge is 2.05. The van der Waals surface area contributed by atoms with E-state index in [-0.39, 0.29) is 6.61 Å². The monoisotopic (exact) mass is 234 g/mol. The Hall–Kier alpha value is -0.520. The second-order valence-electron chi connectivity index (χ2n) is 2.84. The van der Waals surface area contributed by atoms with E-state index in [1.807, 2.05) is 0 Å². The van der Waals surface area contributed by atoms with Gasteiger partial charge in [0.05, 0.1) is 32.5 Å². The van der Waals surface area contributed by atoms with Crippen molar-refractivity contribution in [2.75, 3.05) is 39.3 Å². The first-order valence-corrected chi connectivity index (χ1v) is 5.38. The molecule has 0 fully saturated rings. The standard InChI is InChI=1S/C10H18O4S/c1-9(10(11)12-2)8-14-6-5-13-4-3-7-15/h15H,1,3-8H2,2H3. The molecule has 0 N–H and O–H groups in total. The van der Waals surface area contributed by atoms with Crippen LogP contribution in [0.15, 0.2) is 12.2 Å². The molecule has 0 bridgehead atoms. The second kappa shape index (κ2) is 10.0. The minimum atomic E-state index is -0.439. The Kier molecular flexibility index (Phi) is 9.67. The number of carbonyl (C=O) groups excluding carboxylic acids is 1. The van der Waals surface area contributed by atoms with E-state index in [1.165, 1.54) is 7.11 Å². The summed E-state index contributed by atoms with van der Waals surface area (Å²) in [5.74, 6) is 0.381. The van der Waals surface area contributed by atoms with Crippen LogP contribution in [-0.2, 0) is 19.0 Å². The molecule has 0 aromatic rings. The second-order valence-corrected chi connectivity index (χ2v) is 3.28. The van der Waals surface area contributed by atoms with Crippen molar-refractivity contribution in [3.8, 4) is 0 Å². The van der Waals surface area contributed by atoms with Crippen LogP contribution in [0.1, 0.15) is 6.42 Å². The molecule has 0 heterocycles. The van der Waals surface area contributed by atoms with Crippen molar-refractivity contribution >= 4 is 18.6 Å². The molecule has 0 aliphatic rings. The lowest BCUT2D eigenvalue weighted by molar-refractivity contribution is -0.136. The summed E-state index contributed by atoms with van der Waals surface area (Å²) in [6.45, 7) is 5.35. The van der Waals surface area contributed by atoms with Crippen molar-refractivity contribution in [3.05, 3.63) is 12.2 Å². The average molecular weight is 234 g/mol. The number of methoxy groups -OCH3 is 1. The van der Waals surface area contributed by atoms with E-state index >= 15 is 0 Å². The molecule has 0 saturated carbocycles. The van der Waals surface area contributed by atoms with Gasteiger partial charge in [-0.1, -0.05) is 6.58 Å². The van der Waals surface area contributed by atoms with Crippen LogP contribution in [0.3, 0.4) is 0 Å². The maximum absolute atomic E-state index is 10.9. The summed E-state index contributed by atoms with van der Waals surface area (Å²) in [6.07, 6.45) is 0.929. The highest BCUT2D eigenvalue weighted by molar-refractivity contribution is 7.80. The lowest BCUT2D eigenvalue weighted by Crippen LogP contribution is -2.12. The summed E-state index contributed by atoms with van der Waals surface area (Å²) in [5, 5.41) is 0. The first-order chi connectivity index (χ1) is 7.22. The molecule has 0 aromatic heterocycles. The number of rotatable bonds is 9. The van der Waals surface area contributed by atoms with Crippen molar-refractivity contribution in [1.82, 2.24) is 0 Å². The van der Waals surface area contributed by atoms with Crippen LogP contribution < -0.4 is 0 Å². The fourth-order valence-corrected chi connectivity index (χ4v) is 0.914. The summed E-state index contributed by atoms with van der Waals surface area (Å²) in [6, 6.07) is 0. The Morgan fingerprint density at radius 3 is 2.53 bits per heavy atom. The normalized spacial score (nSPS) is 10.0. The lowest BCUT2D eigenvalue weighted by atomic mass is 10.3. The van der Waals surface area contributed by atoms with E-state index in [0.717, 1.165) is 12.2 Å². The number of hydrogen-bond acceptors (Lipinski definition) is 5. The quantitative estimate of drug-likeness (QED) is 0.280. The summed E-state index contributed by atoms with van der Waals surface area (Å²) in [4.78, 5) is 10.9. The first-order valence-electron chi connectivity index (χ1n) is 4.74. The molecule has 0 saturated heterocycles. The Bertz CT molecular complexity index is 194. The van der Waals surface area contributed by atoms with Crippen LogP contribution >= 0.6 is 12.6 Å². The van der Waals surface area contributed by atoms with Gasteiger partial charge in [0.15, 0.2) is 0 Å². The van der Waals surface area contributed by atoms with Crippen molar-refractivity contribution < 1.29 is 19.0 Å². The average Bonchev–Trinajstić information content (AvgIpc) is 2.26. The minimum Gasteiger partial charge on any atom is -0.466 e. The van der Waals surface area contributed by atoms with E-state index in [2.05, 4.69) is 23.9 Å². The predicted molar refractivity (Wildman–Crippen MR) is 61.3 cm³/mol. The van der Waals surface area contributed by atoms with Crippen LogP contribution in [0.2, 0.25) is 0 Å². The topological polar surface area (TPSA) is 44.8 Å². The molecule has 15 heavy (non-hydrogen) atoms. The fraction of sp³-hybridized carbons (Fsp3) is 0.700. The molecule has 0 aromatic carbocycles. The molecule has 0 aliphatic carbocycles. The van der Waals surface area contributed by atoms with E-state index in [0.29, 0.717) is 25.4 Å². The van der Waals surface area contributed by atoms with Gasteiger partial charge in [-0.05, 0) is 12.2 Å². The van der Waals surface area contributed by atoms with Crippen molar-refractivity contribution in [1.29, 1.82) is 0 Å². The van der Waals surface area contributed by atoms with Crippen LogP contribution in [0.5, 0.6) is 0 Å². The molecule has 0 rings (SSSR count). The molecule has 88 valence electrons. The zero-order valence-corrected chi connectivity index (χ0v) is 9.92. The highest BCUT2D eigenvalue weighted by Crippen LogP contribution is 1.94. The molecular formula is C10H18O4S. The number of ether oxygens (including phenoxy) is 3. The molecule has 4 nitrogen and oxygen atoms in total. The summed E-state index contributed by atoms with van der Waals surface area (Å²) in [5.41, 5.74) is 0.313. The van der Waals surface area contributed by atoms with Crippen LogP contribution in [0, 0.1) is 0 Å².